The third-order valence-electron chi connectivity index (χ3n) is 2.48. The maximum absolute atomic E-state index is 11.6. The normalized spacial score (nSPS) is 10.8. The molecule has 2 aromatic rings. The van der Waals surface area contributed by atoms with Crippen LogP contribution < -0.4 is 11.2 Å². The van der Waals surface area contributed by atoms with Gasteiger partial charge in [0.2, 0.25) is 11.1 Å². The number of benzene rings is 1. The van der Waals surface area contributed by atoms with Crippen molar-refractivity contribution < 1.29 is 4.79 Å². The van der Waals surface area contributed by atoms with E-state index in [0.717, 1.165) is 5.56 Å². The summed E-state index contributed by atoms with van der Waals surface area (Å²) in [5.41, 5.74) is 0.890. The molecule has 0 spiro atoms. The van der Waals surface area contributed by atoms with Crippen molar-refractivity contribution in [1.29, 1.82) is 0 Å². The number of carbonyl (C=O) groups excluding carboxylic acids is 1. The summed E-state index contributed by atoms with van der Waals surface area (Å²) >= 11 is 1.26. The highest BCUT2D eigenvalue weighted by Crippen LogP contribution is 2.20. The van der Waals surface area contributed by atoms with Gasteiger partial charge in [0.25, 0.3) is 0 Å². The van der Waals surface area contributed by atoms with Gasteiger partial charge in [-0.3, -0.25) is 4.79 Å². The van der Waals surface area contributed by atoms with Gasteiger partial charge in [-0.1, -0.05) is 42.1 Å². The molecule has 1 aromatic heterocycles. The lowest BCUT2D eigenvalue weighted by Crippen LogP contribution is -2.31. The van der Waals surface area contributed by atoms with Gasteiger partial charge in [-0.2, -0.15) is 0 Å². The van der Waals surface area contributed by atoms with Crippen molar-refractivity contribution in [2.45, 2.75) is 25.0 Å². The minimum absolute atomic E-state index is 0.0470. The van der Waals surface area contributed by atoms with E-state index in [0.29, 0.717) is 11.0 Å². The Morgan fingerprint density at radius 2 is 2.05 bits per heavy atom. The predicted molar refractivity (Wildman–Crippen MR) is 79.6 cm³/mol. The molecular weight excluding hydrogens is 274 g/mol. The van der Waals surface area contributed by atoms with Crippen LogP contribution in [0.1, 0.15) is 13.8 Å². The van der Waals surface area contributed by atoms with Crippen LogP contribution in [-0.4, -0.2) is 32.6 Å². The molecule has 3 N–H and O–H groups in total. The van der Waals surface area contributed by atoms with E-state index in [1.165, 1.54) is 16.4 Å². The van der Waals surface area contributed by atoms with Crippen LogP contribution in [0.4, 0.5) is 0 Å². The Balaban J connectivity index is 2.05. The average Bonchev–Trinajstić information content (AvgIpc) is 2.78. The number of nitrogens with zero attached hydrogens (tertiary/aromatic N) is 3. The van der Waals surface area contributed by atoms with E-state index < -0.39 is 0 Å². The number of hydrogen-bond donors (Lipinski definition) is 2. The molecule has 1 amide bonds. The molecule has 0 aliphatic carbocycles. The minimum atomic E-state index is -0.0470. The predicted octanol–water partition coefficient (Wildman–Crippen LogP) is 1.28. The summed E-state index contributed by atoms with van der Waals surface area (Å²) in [6.45, 7) is 3.84. The third-order valence-corrected chi connectivity index (χ3v) is 3.42. The number of amides is 1. The Morgan fingerprint density at radius 1 is 1.35 bits per heavy atom. The highest BCUT2D eigenvalue weighted by atomic mass is 32.2. The molecule has 7 heteroatoms. The fourth-order valence-corrected chi connectivity index (χ4v) is 2.32. The number of rotatable bonds is 5. The Morgan fingerprint density at radius 3 is 2.70 bits per heavy atom. The Kier molecular flexibility index (Phi) is 4.62. The first-order valence-corrected chi connectivity index (χ1v) is 7.24. The van der Waals surface area contributed by atoms with Crippen molar-refractivity contribution in [3.05, 3.63) is 30.3 Å². The number of nitrogens with two attached hydrogens (primary N) is 1. The molecule has 0 saturated carbocycles. The number of nitrogen functional groups attached to an aromatic ring is 1. The van der Waals surface area contributed by atoms with Crippen LogP contribution in [0, 0.1) is 0 Å². The van der Waals surface area contributed by atoms with Crippen molar-refractivity contribution in [2.24, 2.45) is 0 Å². The van der Waals surface area contributed by atoms with Crippen molar-refractivity contribution in [3.63, 3.8) is 0 Å². The van der Waals surface area contributed by atoms with E-state index in [2.05, 4.69) is 15.5 Å². The van der Waals surface area contributed by atoms with Crippen LogP contribution in [0.2, 0.25) is 0 Å². The Hall–Kier alpha value is -2.02. The van der Waals surface area contributed by atoms with Crippen LogP contribution in [0.15, 0.2) is 35.5 Å². The summed E-state index contributed by atoms with van der Waals surface area (Å²) in [5.74, 6) is 6.76. The lowest BCUT2D eigenvalue weighted by atomic mass is 10.2. The van der Waals surface area contributed by atoms with Gasteiger partial charge in [0.15, 0.2) is 5.82 Å². The van der Waals surface area contributed by atoms with Crippen LogP contribution in [0.25, 0.3) is 11.4 Å². The first-order valence-electron chi connectivity index (χ1n) is 6.26. The summed E-state index contributed by atoms with van der Waals surface area (Å²) in [6, 6.07) is 9.69. The molecule has 6 nitrogen and oxygen atoms in total. The maximum atomic E-state index is 11.6. The number of nitrogens with one attached hydrogen (secondary N) is 1. The molecule has 106 valence electrons. The van der Waals surface area contributed by atoms with Crippen molar-refractivity contribution in [2.75, 3.05) is 11.6 Å². The van der Waals surface area contributed by atoms with E-state index in [1.54, 1.807) is 0 Å². The molecular formula is C13H17N5OS. The van der Waals surface area contributed by atoms with Crippen molar-refractivity contribution >= 4 is 17.7 Å². The minimum Gasteiger partial charge on any atom is -0.353 e. The van der Waals surface area contributed by atoms with Gasteiger partial charge in [0.05, 0.1) is 5.75 Å². The second-order valence-electron chi connectivity index (χ2n) is 4.55. The maximum Gasteiger partial charge on any atom is 0.230 e. The van der Waals surface area contributed by atoms with Crippen LogP contribution in [0.3, 0.4) is 0 Å². The van der Waals surface area contributed by atoms with Gasteiger partial charge in [0.1, 0.15) is 0 Å². The average molecular weight is 291 g/mol. The fourth-order valence-electron chi connectivity index (χ4n) is 1.65. The Labute approximate surface area is 121 Å². The number of hydrogen-bond acceptors (Lipinski definition) is 5. The van der Waals surface area contributed by atoms with Crippen LogP contribution in [0.5, 0.6) is 0 Å². The number of thioether (sulfide) groups is 1. The lowest BCUT2D eigenvalue weighted by Gasteiger charge is -2.07. The summed E-state index contributed by atoms with van der Waals surface area (Å²) in [6.07, 6.45) is 0. The van der Waals surface area contributed by atoms with Crippen molar-refractivity contribution in [1.82, 2.24) is 20.2 Å². The van der Waals surface area contributed by atoms with E-state index in [9.17, 15) is 4.79 Å². The molecule has 0 fully saturated rings. The highest BCUT2D eigenvalue weighted by Gasteiger charge is 2.13. The van der Waals surface area contributed by atoms with Crippen molar-refractivity contribution in [3.8, 4) is 11.4 Å². The molecule has 1 aromatic carbocycles. The monoisotopic (exact) mass is 291 g/mol. The summed E-state index contributed by atoms with van der Waals surface area (Å²) in [5, 5.41) is 11.4. The van der Waals surface area contributed by atoms with E-state index in [-0.39, 0.29) is 17.7 Å². The van der Waals surface area contributed by atoms with Gasteiger partial charge >= 0.3 is 0 Å². The second kappa shape index (κ2) is 6.42. The Bertz CT molecular complexity index is 582. The van der Waals surface area contributed by atoms with E-state index in [1.807, 2.05) is 44.2 Å². The third kappa shape index (κ3) is 3.51. The van der Waals surface area contributed by atoms with Crippen LogP contribution in [-0.2, 0) is 4.79 Å². The lowest BCUT2D eigenvalue weighted by molar-refractivity contribution is -0.119. The first kappa shape index (κ1) is 14.4. The number of aromatic nitrogens is 3. The van der Waals surface area contributed by atoms with E-state index in [4.69, 9.17) is 5.84 Å². The molecule has 0 bridgehead atoms. The second-order valence-corrected chi connectivity index (χ2v) is 5.50. The molecule has 2 rings (SSSR count). The number of carbonyl (C=O) groups is 1. The molecule has 0 unspecified atom stereocenters. The molecule has 20 heavy (non-hydrogen) atoms. The molecule has 0 aliphatic heterocycles. The smallest absolute Gasteiger partial charge is 0.230 e. The molecule has 1 heterocycles. The fraction of sp³-hybridized carbons (Fsp3) is 0.308. The summed E-state index contributed by atoms with van der Waals surface area (Å²) in [7, 11) is 0. The molecule has 0 aliphatic rings. The zero-order valence-corrected chi connectivity index (χ0v) is 12.2. The van der Waals surface area contributed by atoms with Gasteiger partial charge in [-0.05, 0) is 13.8 Å². The topological polar surface area (TPSA) is 85.8 Å². The molecule has 0 radical (unpaired) electrons. The highest BCUT2D eigenvalue weighted by molar-refractivity contribution is 7.99. The van der Waals surface area contributed by atoms with Gasteiger partial charge in [-0.25, -0.2) is 4.68 Å². The zero-order valence-electron chi connectivity index (χ0n) is 11.4. The summed E-state index contributed by atoms with van der Waals surface area (Å²) < 4.78 is 1.41. The molecule has 0 atom stereocenters. The largest absolute Gasteiger partial charge is 0.353 e. The van der Waals surface area contributed by atoms with Gasteiger partial charge in [0, 0.05) is 11.6 Å². The van der Waals surface area contributed by atoms with Gasteiger partial charge < -0.3 is 11.2 Å². The summed E-state index contributed by atoms with van der Waals surface area (Å²) in [4.78, 5) is 11.6. The standard InChI is InChI=1S/C13H17N5OS/c1-9(2)15-11(19)8-20-13-17-16-12(18(13)14)10-6-4-3-5-7-10/h3-7,9H,8,14H2,1-2H3,(H,15,19). The zero-order chi connectivity index (χ0) is 14.5. The van der Waals surface area contributed by atoms with E-state index >= 15 is 0 Å². The SMILES string of the molecule is CC(C)NC(=O)CSc1nnc(-c2ccccc2)n1N. The first-order chi connectivity index (χ1) is 9.58. The van der Waals surface area contributed by atoms with Gasteiger partial charge in [-0.15, -0.1) is 10.2 Å². The quantitative estimate of drug-likeness (QED) is 0.640. The molecule has 0 saturated heterocycles. The van der Waals surface area contributed by atoms with Crippen LogP contribution >= 0.6 is 11.8 Å².